The number of aliphatic hydroxyl groups is 1. The molecule has 0 aliphatic carbocycles. The molecule has 0 aliphatic heterocycles. The molecule has 3 rings (SSSR count). The average Bonchev–Trinajstić information content (AvgIpc) is 2.90. The molecule has 0 radical (unpaired) electrons. The lowest BCUT2D eigenvalue weighted by Gasteiger charge is -2.10. The fourth-order valence-corrected chi connectivity index (χ4v) is 2.12. The third-order valence-electron chi connectivity index (χ3n) is 3.11. The zero-order valence-corrected chi connectivity index (χ0v) is 10.5. The normalized spacial score (nSPS) is 12.5. The molecule has 0 amide bonds. The van der Waals surface area contributed by atoms with Crippen LogP contribution in [-0.4, -0.2) is 22.2 Å². The molecule has 0 saturated heterocycles. The Morgan fingerprint density at radius 2 is 2.11 bits per heavy atom. The summed E-state index contributed by atoms with van der Waals surface area (Å²) < 4.78 is 5.17. The van der Waals surface area contributed by atoms with Gasteiger partial charge in [-0.1, -0.05) is 12.1 Å². The Hall–Kier alpha value is -2.33. The zero-order valence-electron chi connectivity index (χ0n) is 10.5. The maximum Gasteiger partial charge on any atom is 0.119 e. The summed E-state index contributed by atoms with van der Waals surface area (Å²) in [4.78, 5) is 7.42. The van der Waals surface area contributed by atoms with E-state index in [1.165, 1.54) is 0 Å². The van der Waals surface area contributed by atoms with E-state index >= 15 is 0 Å². The number of fused-ring (bicyclic) bond motifs is 1. The van der Waals surface area contributed by atoms with Crippen LogP contribution in [-0.2, 0) is 0 Å². The van der Waals surface area contributed by atoms with E-state index in [4.69, 9.17) is 4.74 Å². The molecule has 0 saturated carbocycles. The van der Waals surface area contributed by atoms with E-state index in [0.717, 1.165) is 28.0 Å². The van der Waals surface area contributed by atoms with E-state index < -0.39 is 6.10 Å². The number of nitrogens with one attached hydrogen (secondary N) is 1. The molecular weight excluding hydrogens is 240 g/mol. The highest BCUT2D eigenvalue weighted by Gasteiger charge is 2.14. The molecule has 2 N–H and O–H groups in total. The SMILES string of the molecule is COc1cccc(C(O)c2cc3ncccc3[nH]2)c1. The van der Waals surface area contributed by atoms with Crippen molar-refractivity contribution in [2.24, 2.45) is 0 Å². The quantitative estimate of drug-likeness (QED) is 0.755. The second-order valence-corrected chi connectivity index (χ2v) is 4.34. The lowest BCUT2D eigenvalue weighted by Crippen LogP contribution is -2.00. The average molecular weight is 254 g/mol. The smallest absolute Gasteiger partial charge is 0.119 e. The van der Waals surface area contributed by atoms with E-state index in [0.29, 0.717) is 0 Å². The van der Waals surface area contributed by atoms with Gasteiger partial charge in [-0.2, -0.15) is 0 Å². The highest BCUT2D eigenvalue weighted by atomic mass is 16.5. The molecule has 0 bridgehead atoms. The van der Waals surface area contributed by atoms with Crippen LogP contribution in [0.2, 0.25) is 0 Å². The molecule has 1 atom stereocenters. The Labute approximate surface area is 110 Å². The van der Waals surface area contributed by atoms with Crippen molar-refractivity contribution in [3.63, 3.8) is 0 Å². The molecule has 0 fully saturated rings. The molecule has 1 aromatic carbocycles. The number of aromatic nitrogens is 2. The first-order chi connectivity index (χ1) is 9.28. The lowest BCUT2D eigenvalue weighted by atomic mass is 10.1. The molecule has 3 aromatic rings. The minimum Gasteiger partial charge on any atom is -0.497 e. The number of aliphatic hydroxyl groups excluding tert-OH is 1. The van der Waals surface area contributed by atoms with Crippen LogP contribution in [0, 0.1) is 0 Å². The predicted octanol–water partition coefficient (Wildman–Crippen LogP) is 2.65. The van der Waals surface area contributed by atoms with E-state index in [-0.39, 0.29) is 0 Å². The van der Waals surface area contributed by atoms with Crippen LogP contribution in [0.1, 0.15) is 17.4 Å². The summed E-state index contributed by atoms with van der Waals surface area (Å²) in [7, 11) is 1.61. The summed E-state index contributed by atoms with van der Waals surface area (Å²) >= 11 is 0. The van der Waals surface area contributed by atoms with Crippen LogP contribution >= 0.6 is 0 Å². The third kappa shape index (κ3) is 2.18. The monoisotopic (exact) mass is 254 g/mol. The van der Waals surface area contributed by atoms with Gasteiger partial charge >= 0.3 is 0 Å². The Kier molecular flexibility index (Phi) is 2.93. The van der Waals surface area contributed by atoms with Gasteiger partial charge < -0.3 is 14.8 Å². The number of benzene rings is 1. The van der Waals surface area contributed by atoms with E-state index in [1.54, 1.807) is 13.3 Å². The molecule has 1 unspecified atom stereocenters. The number of pyridine rings is 1. The van der Waals surface area contributed by atoms with Gasteiger partial charge in [0.25, 0.3) is 0 Å². The van der Waals surface area contributed by atoms with Crippen molar-refractivity contribution in [1.82, 2.24) is 9.97 Å². The third-order valence-corrected chi connectivity index (χ3v) is 3.11. The van der Waals surface area contributed by atoms with Gasteiger partial charge in [-0.05, 0) is 35.9 Å². The molecular formula is C15H14N2O2. The van der Waals surface area contributed by atoms with Crippen LogP contribution in [0.15, 0.2) is 48.7 Å². The van der Waals surface area contributed by atoms with Gasteiger partial charge in [0.15, 0.2) is 0 Å². The summed E-state index contributed by atoms with van der Waals surface area (Å²) in [6.07, 6.45) is 1.02. The number of hydrogen-bond donors (Lipinski definition) is 2. The standard InChI is InChI=1S/C15H14N2O2/c1-19-11-5-2-4-10(8-11)15(18)14-9-13-12(17-14)6-3-7-16-13/h2-9,15,17-18H,1H3. The Bertz CT molecular complexity index is 673. The van der Waals surface area contributed by atoms with E-state index in [9.17, 15) is 5.11 Å². The fourth-order valence-electron chi connectivity index (χ4n) is 2.12. The number of rotatable bonds is 3. The molecule has 4 nitrogen and oxygen atoms in total. The largest absolute Gasteiger partial charge is 0.497 e. The van der Waals surface area contributed by atoms with Gasteiger partial charge in [0.2, 0.25) is 0 Å². The Balaban J connectivity index is 2.00. The maximum atomic E-state index is 10.4. The summed E-state index contributed by atoms with van der Waals surface area (Å²) in [6, 6.07) is 13.1. The molecule has 2 heterocycles. The summed E-state index contributed by atoms with van der Waals surface area (Å²) in [5.41, 5.74) is 3.27. The molecule has 96 valence electrons. The molecule has 4 heteroatoms. The number of ether oxygens (including phenoxy) is 1. The molecule has 0 aliphatic rings. The molecule has 19 heavy (non-hydrogen) atoms. The molecule has 2 aromatic heterocycles. The fraction of sp³-hybridized carbons (Fsp3) is 0.133. The number of methoxy groups -OCH3 is 1. The molecule has 0 spiro atoms. The number of hydrogen-bond acceptors (Lipinski definition) is 3. The van der Waals surface area contributed by atoms with Gasteiger partial charge in [0, 0.05) is 6.20 Å². The van der Waals surface area contributed by atoms with Crippen molar-refractivity contribution in [2.45, 2.75) is 6.10 Å². The van der Waals surface area contributed by atoms with Crippen molar-refractivity contribution in [3.05, 3.63) is 59.9 Å². The number of H-pyrrole nitrogens is 1. The second-order valence-electron chi connectivity index (χ2n) is 4.34. The van der Waals surface area contributed by atoms with Gasteiger partial charge in [-0.3, -0.25) is 4.98 Å². The van der Waals surface area contributed by atoms with Crippen LogP contribution in [0.25, 0.3) is 11.0 Å². The van der Waals surface area contributed by atoms with Gasteiger partial charge in [0.05, 0.1) is 23.8 Å². The van der Waals surface area contributed by atoms with Gasteiger partial charge in [-0.25, -0.2) is 0 Å². The van der Waals surface area contributed by atoms with Crippen molar-refractivity contribution in [2.75, 3.05) is 7.11 Å². The number of aromatic amines is 1. The zero-order chi connectivity index (χ0) is 13.2. The summed E-state index contributed by atoms with van der Waals surface area (Å²) in [5, 5.41) is 10.4. The van der Waals surface area contributed by atoms with Crippen molar-refractivity contribution < 1.29 is 9.84 Å². The van der Waals surface area contributed by atoms with Crippen molar-refractivity contribution in [1.29, 1.82) is 0 Å². The number of nitrogens with zero attached hydrogens (tertiary/aromatic N) is 1. The first-order valence-corrected chi connectivity index (χ1v) is 6.03. The Morgan fingerprint density at radius 1 is 1.21 bits per heavy atom. The van der Waals surface area contributed by atoms with Crippen molar-refractivity contribution >= 4 is 11.0 Å². The Morgan fingerprint density at radius 3 is 2.89 bits per heavy atom. The topological polar surface area (TPSA) is 58.1 Å². The van der Waals surface area contributed by atoms with Gasteiger partial charge in [0.1, 0.15) is 11.9 Å². The minimum atomic E-state index is -0.718. The summed E-state index contributed by atoms with van der Waals surface area (Å²) in [5.74, 6) is 0.728. The maximum absolute atomic E-state index is 10.4. The van der Waals surface area contributed by atoms with Crippen LogP contribution in [0.4, 0.5) is 0 Å². The minimum absolute atomic E-state index is 0.718. The predicted molar refractivity (Wildman–Crippen MR) is 73.1 cm³/mol. The summed E-state index contributed by atoms with van der Waals surface area (Å²) in [6.45, 7) is 0. The van der Waals surface area contributed by atoms with Crippen LogP contribution in [0.5, 0.6) is 5.75 Å². The second kappa shape index (κ2) is 4.74. The first kappa shape index (κ1) is 11.7. The van der Waals surface area contributed by atoms with Gasteiger partial charge in [-0.15, -0.1) is 0 Å². The first-order valence-electron chi connectivity index (χ1n) is 6.03. The van der Waals surface area contributed by atoms with Crippen LogP contribution < -0.4 is 4.74 Å². The van der Waals surface area contributed by atoms with E-state index in [2.05, 4.69) is 9.97 Å². The van der Waals surface area contributed by atoms with Crippen molar-refractivity contribution in [3.8, 4) is 5.75 Å². The van der Waals surface area contributed by atoms with E-state index in [1.807, 2.05) is 42.5 Å². The van der Waals surface area contributed by atoms with Crippen LogP contribution in [0.3, 0.4) is 0 Å². The highest BCUT2D eigenvalue weighted by molar-refractivity contribution is 5.75. The highest BCUT2D eigenvalue weighted by Crippen LogP contribution is 2.26. The lowest BCUT2D eigenvalue weighted by molar-refractivity contribution is 0.216.